The Hall–Kier alpha value is -2.95. The van der Waals surface area contributed by atoms with Crippen molar-refractivity contribution in [1.82, 2.24) is 15.1 Å². The molecule has 2 heterocycles. The Kier molecular flexibility index (Phi) is 6.40. The standard InChI is InChI=1S/C19H23F3N4O4/c1-28-7-6-23-18(27)12-10-24-26-16(19(20,21)22)9-13(25-17(12)26)11-4-5-14(29-2)15(8-11)30-3/h4-5,8,10,13,16,25H,6-7,9H2,1-3H3,(H,23,27)/t13-,16-/m1/s1. The number of hydrogen-bond donors (Lipinski definition) is 2. The molecule has 8 nitrogen and oxygen atoms in total. The van der Waals surface area contributed by atoms with E-state index in [1.54, 1.807) is 18.2 Å². The molecule has 164 valence electrons. The maximum Gasteiger partial charge on any atom is 0.410 e. The van der Waals surface area contributed by atoms with E-state index in [1.165, 1.54) is 21.3 Å². The number of halogens is 3. The fraction of sp³-hybridized carbons (Fsp3) is 0.474. The van der Waals surface area contributed by atoms with Crippen LogP contribution in [0.1, 0.15) is 34.4 Å². The Morgan fingerprint density at radius 1 is 1.27 bits per heavy atom. The number of carbonyl (C=O) groups excluding carboxylic acids is 1. The number of fused-ring (bicyclic) bond motifs is 1. The Bertz CT molecular complexity index is 900. The minimum Gasteiger partial charge on any atom is -0.493 e. The Morgan fingerprint density at radius 3 is 2.63 bits per heavy atom. The zero-order valence-electron chi connectivity index (χ0n) is 16.7. The largest absolute Gasteiger partial charge is 0.493 e. The van der Waals surface area contributed by atoms with Crippen LogP contribution < -0.4 is 20.1 Å². The predicted octanol–water partition coefficient (Wildman–Crippen LogP) is 2.94. The number of carbonyl (C=O) groups is 1. The van der Waals surface area contributed by atoms with Crippen molar-refractivity contribution in [3.8, 4) is 11.5 Å². The van der Waals surface area contributed by atoms with Crippen LogP contribution in [-0.2, 0) is 4.74 Å². The van der Waals surface area contributed by atoms with Gasteiger partial charge in [-0.25, -0.2) is 4.68 Å². The molecule has 2 N–H and O–H groups in total. The van der Waals surface area contributed by atoms with Crippen LogP contribution in [0.15, 0.2) is 24.4 Å². The number of ether oxygens (including phenoxy) is 3. The fourth-order valence-corrected chi connectivity index (χ4v) is 3.38. The highest BCUT2D eigenvalue weighted by Crippen LogP contribution is 2.45. The first-order valence-corrected chi connectivity index (χ1v) is 9.20. The Morgan fingerprint density at radius 2 is 2.00 bits per heavy atom. The van der Waals surface area contributed by atoms with E-state index in [1.807, 2.05) is 0 Å². The van der Waals surface area contributed by atoms with Gasteiger partial charge in [0.1, 0.15) is 11.4 Å². The van der Waals surface area contributed by atoms with Gasteiger partial charge in [-0.3, -0.25) is 4.79 Å². The number of rotatable bonds is 7. The third-order valence-electron chi connectivity index (χ3n) is 4.88. The average molecular weight is 428 g/mol. The van der Waals surface area contributed by atoms with Crippen LogP contribution >= 0.6 is 0 Å². The zero-order chi connectivity index (χ0) is 21.9. The van der Waals surface area contributed by atoms with Gasteiger partial charge in [0, 0.05) is 20.1 Å². The molecule has 2 aromatic rings. The van der Waals surface area contributed by atoms with Gasteiger partial charge in [-0.15, -0.1) is 0 Å². The number of alkyl halides is 3. The summed E-state index contributed by atoms with van der Waals surface area (Å²) in [4.78, 5) is 12.5. The number of benzene rings is 1. The molecule has 1 aromatic carbocycles. The first-order valence-electron chi connectivity index (χ1n) is 9.20. The van der Waals surface area contributed by atoms with Crippen LogP contribution in [0, 0.1) is 0 Å². The van der Waals surface area contributed by atoms with Crippen LogP contribution in [0.5, 0.6) is 11.5 Å². The Labute approximate surface area is 171 Å². The maximum atomic E-state index is 13.8. The van der Waals surface area contributed by atoms with Gasteiger partial charge >= 0.3 is 6.18 Å². The topological polar surface area (TPSA) is 86.6 Å². The zero-order valence-corrected chi connectivity index (χ0v) is 16.7. The number of amides is 1. The molecule has 0 unspecified atom stereocenters. The molecule has 30 heavy (non-hydrogen) atoms. The second-order valence-corrected chi connectivity index (χ2v) is 6.70. The maximum absolute atomic E-state index is 13.8. The summed E-state index contributed by atoms with van der Waals surface area (Å²) in [5, 5.41) is 9.48. The van der Waals surface area contributed by atoms with Gasteiger partial charge in [-0.1, -0.05) is 6.07 Å². The summed E-state index contributed by atoms with van der Waals surface area (Å²) in [6.45, 7) is 0.504. The number of nitrogens with zero attached hydrogens (tertiary/aromatic N) is 2. The van der Waals surface area contributed by atoms with Gasteiger partial charge in [0.25, 0.3) is 5.91 Å². The van der Waals surface area contributed by atoms with Crippen molar-refractivity contribution in [3.63, 3.8) is 0 Å². The molecule has 0 aliphatic carbocycles. The normalized spacial score (nSPS) is 18.3. The summed E-state index contributed by atoms with van der Waals surface area (Å²) >= 11 is 0. The molecule has 11 heteroatoms. The molecule has 0 spiro atoms. The number of anilines is 1. The van der Waals surface area contributed by atoms with Gasteiger partial charge in [0.05, 0.1) is 33.1 Å². The third kappa shape index (κ3) is 4.30. The first kappa shape index (κ1) is 21.8. The summed E-state index contributed by atoms with van der Waals surface area (Å²) in [5.74, 6) is 0.345. The molecule has 1 amide bonds. The number of hydrogen-bond acceptors (Lipinski definition) is 6. The minimum absolute atomic E-state index is 0.0123. The van der Waals surface area contributed by atoms with Crippen LogP contribution in [0.2, 0.25) is 0 Å². The molecule has 0 fully saturated rings. The smallest absolute Gasteiger partial charge is 0.410 e. The molecular weight excluding hydrogens is 405 g/mol. The van der Waals surface area contributed by atoms with E-state index in [2.05, 4.69) is 15.7 Å². The predicted molar refractivity (Wildman–Crippen MR) is 102 cm³/mol. The lowest BCUT2D eigenvalue weighted by Crippen LogP contribution is -2.36. The van der Waals surface area contributed by atoms with Crippen molar-refractivity contribution in [2.24, 2.45) is 0 Å². The van der Waals surface area contributed by atoms with Crippen molar-refractivity contribution in [1.29, 1.82) is 0 Å². The first-order chi connectivity index (χ1) is 14.3. The molecule has 0 bridgehead atoms. The summed E-state index contributed by atoms with van der Waals surface area (Å²) < 4.78 is 57.5. The van der Waals surface area contributed by atoms with Gasteiger partial charge in [0.2, 0.25) is 0 Å². The van der Waals surface area contributed by atoms with Crippen molar-refractivity contribution >= 4 is 11.7 Å². The molecule has 1 aliphatic rings. The van der Waals surface area contributed by atoms with E-state index in [4.69, 9.17) is 14.2 Å². The van der Waals surface area contributed by atoms with E-state index in [0.29, 0.717) is 17.1 Å². The molecule has 0 saturated heterocycles. The monoisotopic (exact) mass is 428 g/mol. The number of aromatic nitrogens is 2. The lowest BCUT2D eigenvalue weighted by molar-refractivity contribution is -0.173. The molecule has 0 radical (unpaired) electrons. The summed E-state index contributed by atoms with van der Waals surface area (Å²) in [7, 11) is 4.41. The molecule has 0 saturated carbocycles. The second-order valence-electron chi connectivity index (χ2n) is 6.70. The fourth-order valence-electron chi connectivity index (χ4n) is 3.38. The average Bonchev–Trinajstić information content (AvgIpc) is 3.15. The van der Waals surface area contributed by atoms with Crippen molar-refractivity contribution in [2.45, 2.75) is 24.7 Å². The molecular formula is C19H23F3N4O4. The van der Waals surface area contributed by atoms with E-state index in [9.17, 15) is 18.0 Å². The summed E-state index contributed by atoms with van der Waals surface area (Å²) in [5.41, 5.74) is 0.602. The van der Waals surface area contributed by atoms with Crippen LogP contribution in [0.4, 0.5) is 19.0 Å². The quantitative estimate of drug-likeness (QED) is 0.660. The minimum atomic E-state index is -4.54. The van der Waals surface area contributed by atoms with Crippen LogP contribution in [0.3, 0.4) is 0 Å². The van der Waals surface area contributed by atoms with E-state index < -0.39 is 24.2 Å². The highest BCUT2D eigenvalue weighted by atomic mass is 19.4. The third-order valence-corrected chi connectivity index (χ3v) is 4.88. The second kappa shape index (κ2) is 8.82. The van der Waals surface area contributed by atoms with E-state index in [-0.39, 0.29) is 31.0 Å². The highest BCUT2D eigenvalue weighted by Gasteiger charge is 2.47. The van der Waals surface area contributed by atoms with E-state index in [0.717, 1.165) is 10.9 Å². The molecule has 3 rings (SSSR count). The van der Waals surface area contributed by atoms with Gasteiger partial charge in [-0.2, -0.15) is 18.3 Å². The lowest BCUT2D eigenvalue weighted by Gasteiger charge is -2.34. The summed E-state index contributed by atoms with van der Waals surface area (Å²) in [6.07, 6.45) is -3.69. The van der Waals surface area contributed by atoms with Crippen molar-refractivity contribution < 1.29 is 32.2 Å². The van der Waals surface area contributed by atoms with Crippen LogP contribution in [-0.4, -0.2) is 56.3 Å². The number of methoxy groups -OCH3 is 3. The molecule has 2 atom stereocenters. The Balaban J connectivity index is 1.96. The summed E-state index contributed by atoms with van der Waals surface area (Å²) in [6, 6.07) is 2.31. The van der Waals surface area contributed by atoms with Crippen LogP contribution in [0.25, 0.3) is 0 Å². The highest BCUT2D eigenvalue weighted by molar-refractivity contribution is 5.98. The molecule has 1 aliphatic heterocycles. The van der Waals surface area contributed by atoms with Gasteiger partial charge in [0.15, 0.2) is 17.5 Å². The van der Waals surface area contributed by atoms with Gasteiger partial charge in [-0.05, 0) is 17.7 Å². The number of nitrogens with one attached hydrogen (secondary N) is 2. The van der Waals surface area contributed by atoms with Gasteiger partial charge < -0.3 is 24.8 Å². The van der Waals surface area contributed by atoms with Crippen molar-refractivity contribution in [3.05, 3.63) is 35.5 Å². The van der Waals surface area contributed by atoms with Crippen molar-refractivity contribution in [2.75, 3.05) is 39.8 Å². The molecule has 1 aromatic heterocycles. The van der Waals surface area contributed by atoms with E-state index >= 15 is 0 Å². The SMILES string of the molecule is COCCNC(=O)c1cnn2c1N[C@@H](c1ccc(OC)c(OC)c1)C[C@@H]2C(F)(F)F. The lowest BCUT2D eigenvalue weighted by atomic mass is 9.96.